The Kier molecular flexibility index (Phi) is 3.99. The summed E-state index contributed by atoms with van der Waals surface area (Å²) in [5, 5.41) is 0. The second kappa shape index (κ2) is 5.54. The van der Waals surface area contributed by atoms with Gasteiger partial charge in [0.05, 0.1) is 6.04 Å². The largest absolute Gasteiger partial charge is 0.573 e. The van der Waals surface area contributed by atoms with Crippen molar-refractivity contribution in [1.82, 2.24) is 0 Å². The zero-order valence-electron chi connectivity index (χ0n) is 10.8. The predicted octanol–water partition coefficient (Wildman–Crippen LogP) is 3.94. The lowest BCUT2D eigenvalue weighted by molar-refractivity contribution is -0.274. The molecule has 0 fully saturated rings. The van der Waals surface area contributed by atoms with Gasteiger partial charge >= 0.3 is 6.36 Å². The van der Waals surface area contributed by atoms with E-state index in [0.717, 1.165) is 11.1 Å². The lowest BCUT2D eigenvalue weighted by Gasteiger charge is -2.18. The summed E-state index contributed by atoms with van der Waals surface area (Å²) in [5.41, 5.74) is 8.09. The maximum atomic E-state index is 12.4. The highest BCUT2D eigenvalue weighted by Gasteiger charge is 2.32. The number of para-hydroxylation sites is 1. The molecular formula is C15H14F3NO. The van der Waals surface area contributed by atoms with Crippen molar-refractivity contribution in [2.75, 3.05) is 0 Å². The molecule has 1 unspecified atom stereocenters. The van der Waals surface area contributed by atoms with Crippen molar-refractivity contribution in [2.24, 2.45) is 5.73 Å². The van der Waals surface area contributed by atoms with Crippen molar-refractivity contribution < 1.29 is 17.9 Å². The van der Waals surface area contributed by atoms with Gasteiger partial charge in [-0.2, -0.15) is 0 Å². The van der Waals surface area contributed by atoms with Crippen molar-refractivity contribution in [2.45, 2.75) is 19.3 Å². The van der Waals surface area contributed by atoms with Gasteiger partial charge in [-0.25, -0.2) is 0 Å². The van der Waals surface area contributed by atoms with Crippen LogP contribution >= 0.6 is 0 Å². The van der Waals surface area contributed by atoms with Gasteiger partial charge in [0, 0.05) is 5.56 Å². The summed E-state index contributed by atoms with van der Waals surface area (Å²) in [6.45, 7) is 1.90. The number of aryl methyl sites for hydroxylation is 1. The topological polar surface area (TPSA) is 35.2 Å². The quantitative estimate of drug-likeness (QED) is 0.924. The molecule has 0 amide bonds. The molecule has 0 saturated heterocycles. The SMILES string of the molecule is Cc1cccc(C(N)c2ccccc2OC(F)(F)F)c1. The van der Waals surface area contributed by atoms with Crippen LogP contribution in [0, 0.1) is 6.92 Å². The molecule has 2 N–H and O–H groups in total. The lowest BCUT2D eigenvalue weighted by atomic mass is 9.97. The van der Waals surface area contributed by atoms with Crippen LogP contribution in [0.15, 0.2) is 48.5 Å². The smallest absolute Gasteiger partial charge is 0.405 e. The molecule has 0 spiro atoms. The molecule has 2 aromatic rings. The molecule has 0 bridgehead atoms. The van der Waals surface area contributed by atoms with Crippen molar-refractivity contribution >= 4 is 0 Å². The van der Waals surface area contributed by atoms with Gasteiger partial charge in [0.2, 0.25) is 0 Å². The van der Waals surface area contributed by atoms with E-state index in [4.69, 9.17) is 5.73 Å². The minimum atomic E-state index is -4.73. The van der Waals surface area contributed by atoms with E-state index in [-0.39, 0.29) is 5.75 Å². The van der Waals surface area contributed by atoms with Crippen LogP contribution in [-0.2, 0) is 0 Å². The Labute approximate surface area is 115 Å². The van der Waals surface area contributed by atoms with Gasteiger partial charge < -0.3 is 10.5 Å². The Morgan fingerprint density at radius 1 is 1.05 bits per heavy atom. The molecule has 0 aromatic heterocycles. The van der Waals surface area contributed by atoms with Crippen LogP contribution in [0.25, 0.3) is 0 Å². The third kappa shape index (κ3) is 3.51. The van der Waals surface area contributed by atoms with Crippen molar-refractivity contribution in [1.29, 1.82) is 0 Å². The average molecular weight is 281 g/mol. The number of ether oxygens (including phenoxy) is 1. The molecule has 0 saturated carbocycles. The number of nitrogens with two attached hydrogens (primary N) is 1. The molecule has 106 valence electrons. The van der Waals surface area contributed by atoms with Gasteiger partial charge in [0.15, 0.2) is 0 Å². The molecule has 2 aromatic carbocycles. The van der Waals surface area contributed by atoms with Crippen LogP contribution in [0.1, 0.15) is 22.7 Å². The highest BCUT2D eigenvalue weighted by molar-refractivity contribution is 5.42. The molecule has 0 aliphatic carbocycles. The molecule has 2 rings (SSSR count). The Morgan fingerprint density at radius 2 is 1.75 bits per heavy atom. The van der Waals surface area contributed by atoms with Crippen molar-refractivity contribution in [3.8, 4) is 5.75 Å². The van der Waals surface area contributed by atoms with E-state index in [2.05, 4.69) is 4.74 Å². The van der Waals surface area contributed by atoms with Gasteiger partial charge in [-0.15, -0.1) is 13.2 Å². The standard InChI is InChI=1S/C15H14F3NO/c1-10-5-4-6-11(9-10)14(19)12-7-2-3-8-13(12)20-15(16,17)18/h2-9,14H,19H2,1H3. The first kappa shape index (κ1) is 14.4. The van der Waals surface area contributed by atoms with E-state index in [1.54, 1.807) is 12.1 Å². The minimum absolute atomic E-state index is 0.269. The third-order valence-corrected chi connectivity index (χ3v) is 2.88. The molecule has 20 heavy (non-hydrogen) atoms. The maximum absolute atomic E-state index is 12.4. The monoisotopic (exact) mass is 281 g/mol. The van der Waals surface area contributed by atoms with Crippen LogP contribution in [-0.4, -0.2) is 6.36 Å². The maximum Gasteiger partial charge on any atom is 0.573 e. The first-order valence-electron chi connectivity index (χ1n) is 6.03. The number of halogens is 3. The molecule has 2 nitrogen and oxygen atoms in total. The Balaban J connectivity index is 2.37. The first-order valence-corrected chi connectivity index (χ1v) is 6.03. The second-order valence-electron chi connectivity index (χ2n) is 4.48. The van der Waals surface area contributed by atoms with E-state index in [0.29, 0.717) is 5.56 Å². The summed E-state index contributed by atoms with van der Waals surface area (Å²) in [5.74, 6) is -0.269. The number of alkyl halides is 3. The Bertz CT molecular complexity index is 596. The van der Waals surface area contributed by atoms with Crippen LogP contribution < -0.4 is 10.5 Å². The summed E-state index contributed by atoms with van der Waals surface area (Å²) in [7, 11) is 0. The zero-order chi connectivity index (χ0) is 14.8. The highest BCUT2D eigenvalue weighted by Crippen LogP contribution is 2.32. The van der Waals surface area contributed by atoms with Crippen LogP contribution in [0.4, 0.5) is 13.2 Å². The predicted molar refractivity (Wildman–Crippen MR) is 70.3 cm³/mol. The Morgan fingerprint density at radius 3 is 2.40 bits per heavy atom. The fourth-order valence-electron chi connectivity index (χ4n) is 2.00. The number of benzene rings is 2. The van der Waals surface area contributed by atoms with Crippen LogP contribution in [0.2, 0.25) is 0 Å². The molecule has 1 atom stereocenters. The van der Waals surface area contributed by atoms with Gasteiger partial charge in [0.25, 0.3) is 0 Å². The molecule has 0 aliphatic rings. The summed E-state index contributed by atoms with van der Waals surface area (Å²) in [4.78, 5) is 0. The molecule has 0 heterocycles. The lowest BCUT2D eigenvalue weighted by Crippen LogP contribution is -2.20. The van der Waals surface area contributed by atoms with E-state index >= 15 is 0 Å². The van der Waals surface area contributed by atoms with Gasteiger partial charge in [-0.1, -0.05) is 48.0 Å². The second-order valence-corrected chi connectivity index (χ2v) is 4.48. The van der Waals surface area contributed by atoms with E-state index in [1.807, 2.05) is 25.1 Å². The fraction of sp³-hybridized carbons (Fsp3) is 0.200. The third-order valence-electron chi connectivity index (χ3n) is 2.88. The van der Waals surface area contributed by atoms with Crippen molar-refractivity contribution in [3.63, 3.8) is 0 Å². The summed E-state index contributed by atoms with van der Waals surface area (Å²) < 4.78 is 41.2. The average Bonchev–Trinajstić information content (AvgIpc) is 2.37. The number of rotatable bonds is 3. The summed E-state index contributed by atoms with van der Waals surface area (Å²) >= 11 is 0. The first-order chi connectivity index (χ1) is 9.37. The van der Waals surface area contributed by atoms with Crippen LogP contribution in [0.5, 0.6) is 5.75 Å². The molecule has 0 radical (unpaired) electrons. The summed E-state index contributed by atoms with van der Waals surface area (Å²) in [6.07, 6.45) is -4.73. The molecular weight excluding hydrogens is 267 g/mol. The number of hydrogen-bond acceptors (Lipinski definition) is 2. The van der Waals surface area contributed by atoms with Crippen LogP contribution in [0.3, 0.4) is 0 Å². The highest BCUT2D eigenvalue weighted by atomic mass is 19.4. The van der Waals surface area contributed by atoms with E-state index in [9.17, 15) is 13.2 Å². The Hall–Kier alpha value is -2.01. The molecule has 5 heteroatoms. The number of hydrogen-bond donors (Lipinski definition) is 1. The summed E-state index contributed by atoms with van der Waals surface area (Å²) in [6, 6.07) is 12.6. The van der Waals surface area contributed by atoms with Crippen molar-refractivity contribution in [3.05, 3.63) is 65.2 Å². The van der Waals surface area contributed by atoms with Gasteiger partial charge in [0.1, 0.15) is 5.75 Å². The fourth-order valence-corrected chi connectivity index (χ4v) is 2.00. The van der Waals surface area contributed by atoms with E-state index in [1.165, 1.54) is 18.2 Å². The van der Waals surface area contributed by atoms with Gasteiger partial charge in [-0.3, -0.25) is 0 Å². The normalized spacial score (nSPS) is 13.1. The minimum Gasteiger partial charge on any atom is -0.405 e. The molecule has 0 aliphatic heterocycles. The van der Waals surface area contributed by atoms with Gasteiger partial charge in [-0.05, 0) is 18.6 Å². The van der Waals surface area contributed by atoms with E-state index < -0.39 is 12.4 Å². The zero-order valence-corrected chi connectivity index (χ0v) is 10.8.